The van der Waals surface area contributed by atoms with Crippen LogP contribution < -0.4 is 0 Å². The normalized spacial score (nSPS) is 25.1. The number of thioether (sulfide) groups is 1. The van der Waals surface area contributed by atoms with E-state index in [9.17, 15) is 4.79 Å². The van der Waals surface area contributed by atoms with Gasteiger partial charge < -0.3 is 0 Å². The zero-order valence-corrected chi connectivity index (χ0v) is 11.6. The van der Waals surface area contributed by atoms with Crippen LogP contribution in [0.4, 0.5) is 0 Å². The first kappa shape index (κ1) is 11.5. The van der Waals surface area contributed by atoms with E-state index in [1.165, 1.54) is 11.1 Å². The number of Topliss-reactive ketones (excluding diaryl/α,β-unsaturated/α-hetero) is 1. The summed E-state index contributed by atoms with van der Waals surface area (Å²) in [6, 6.07) is 4.29. The third-order valence-electron chi connectivity index (χ3n) is 2.98. The van der Waals surface area contributed by atoms with E-state index < -0.39 is 0 Å². The van der Waals surface area contributed by atoms with Crippen molar-refractivity contribution in [1.29, 1.82) is 0 Å². The molecule has 1 fully saturated rings. The van der Waals surface area contributed by atoms with Crippen molar-refractivity contribution in [2.75, 3.05) is 0 Å². The van der Waals surface area contributed by atoms with Crippen molar-refractivity contribution in [1.82, 2.24) is 0 Å². The summed E-state index contributed by atoms with van der Waals surface area (Å²) in [7, 11) is 0. The van der Waals surface area contributed by atoms with Crippen LogP contribution in [0.25, 0.3) is 0 Å². The van der Waals surface area contributed by atoms with E-state index >= 15 is 0 Å². The summed E-state index contributed by atoms with van der Waals surface area (Å²) in [6.07, 6.45) is 1.39. The highest BCUT2D eigenvalue weighted by atomic mass is 32.2. The highest BCUT2D eigenvalue weighted by molar-refractivity contribution is 7.99. The molecule has 0 radical (unpaired) electrons. The molecule has 4 heteroatoms. The van der Waals surface area contributed by atoms with Gasteiger partial charge in [0, 0.05) is 23.3 Å². The second kappa shape index (κ2) is 4.96. The molecule has 1 saturated heterocycles. The fourth-order valence-corrected chi connectivity index (χ4v) is 5.27. The maximum Gasteiger partial charge on any atom is 0.135 e. The Kier molecular flexibility index (Phi) is 3.36. The summed E-state index contributed by atoms with van der Waals surface area (Å²) >= 11 is 5.36. The predicted octanol–water partition coefficient (Wildman–Crippen LogP) is 4.69. The van der Waals surface area contributed by atoms with Crippen LogP contribution in [-0.2, 0) is 4.79 Å². The summed E-state index contributed by atoms with van der Waals surface area (Å²) in [6.45, 7) is 0. The molecule has 0 saturated carbocycles. The number of ketones is 1. The molecule has 1 aliphatic heterocycles. The predicted molar refractivity (Wildman–Crippen MR) is 76.0 cm³/mol. The van der Waals surface area contributed by atoms with Crippen LogP contribution in [-0.4, -0.2) is 5.78 Å². The molecule has 0 spiro atoms. The van der Waals surface area contributed by atoms with Gasteiger partial charge in [0.1, 0.15) is 5.78 Å². The standard InChI is InChI=1S/C13H12OS3/c14-11-5-12(9-1-3-15-7-9)17-13(6-11)10-2-4-16-8-10/h1-4,7-8,12-13H,5-6H2. The maximum atomic E-state index is 11.9. The highest BCUT2D eigenvalue weighted by Crippen LogP contribution is 2.49. The van der Waals surface area contributed by atoms with Gasteiger partial charge in [0.15, 0.2) is 0 Å². The lowest BCUT2D eigenvalue weighted by atomic mass is 10.0. The molecular formula is C13H12OS3. The lowest BCUT2D eigenvalue weighted by Gasteiger charge is -2.27. The number of thiophene rings is 2. The number of rotatable bonds is 2. The molecule has 0 bridgehead atoms. The molecule has 0 amide bonds. The van der Waals surface area contributed by atoms with Crippen molar-refractivity contribution in [3.05, 3.63) is 44.8 Å². The summed E-state index contributed by atoms with van der Waals surface area (Å²) in [4.78, 5) is 11.9. The van der Waals surface area contributed by atoms with Crippen molar-refractivity contribution < 1.29 is 4.79 Å². The van der Waals surface area contributed by atoms with Crippen LogP contribution in [0.2, 0.25) is 0 Å². The van der Waals surface area contributed by atoms with E-state index in [4.69, 9.17) is 0 Å². The molecule has 3 heterocycles. The van der Waals surface area contributed by atoms with Gasteiger partial charge >= 0.3 is 0 Å². The number of carbonyl (C=O) groups is 1. The number of carbonyl (C=O) groups excluding carboxylic acids is 1. The SMILES string of the molecule is O=C1CC(c2ccsc2)SC(c2ccsc2)C1. The molecular weight excluding hydrogens is 268 g/mol. The minimum absolute atomic E-state index is 0.354. The van der Waals surface area contributed by atoms with Crippen molar-refractivity contribution in [3.63, 3.8) is 0 Å². The Labute approximate surface area is 113 Å². The average molecular weight is 280 g/mol. The first-order valence-corrected chi connectivity index (χ1v) is 8.37. The molecule has 1 nitrogen and oxygen atoms in total. The minimum Gasteiger partial charge on any atom is -0.300 e. The van der Waals surface area contributed by atoms with Crippen LogP contribution in [0.15, 0.2) is 33.7 Å². The van der Waals surface area contributed by atoms with Crippen LogP contribution in [0.3, 0.4) is 0 Å². The van der Waals surface area contributed by atoms with Crippen LogP contribution in [0, 0.1) is 0 Å². The summed E-state index contributed by atoms with van der Waals surface area (Å²) < 4.78 is 0. The first-order chi connectivity index (χ1) is 8.33. The fraction of sp³-hybridized carbons (Fsp3) is 0.308. The Morgan fingerprint density at radius 1 is 0.941 bits per heavy atom. The van der Waals surface area contributed by atoms with Crippen molar-refractivity contribution >= 4 is 40.2 Å². The van der Waals surface area contributed by atoms with Gasteiger partial charge in [-0.15, -0.1) is 11.8 Å². The first-order valence-electron chi connectivity index (χ1n) is 5.54. The molecule has 0 N–H and O–H groups in total. The molecule has 1 aliphatic rings. The lowest BCUT2D eigenvalue weighted by molar-refractivity contribution is -0.119. The van der Waals surface area contributed by atoms with Crippen LogP contribution in [0.1, 0.15) is 34.5 Å². The highest BCUT2D eigenvalue weighted by Gasteiger charge is 2.30. The van der Waals surface area contributed by atoms with E-state index in [-0.39, 0.29) is 0 Å². The van der Waals surface area contributed by atoms with Crippen molar-refractivity contribution in [2.45, 2.75) is 23.3 Å². The van der Waals surface area contributed by atoms with Gasteiger partial charge in [-0.2, -0.15) is 22.7 Å². The molecule has 2 aromatic heterocycles. The minimum atomic E-state index is 0.354. The fourth-order valence-electron chi connectivity index (χ4n) is 2.10. The van der Waals surface area contributed by atoms with E-state index in [2.05, 4.69) is 33.7 Å². The van der Waals surface area contributed by atoms with Gasteiger partial charge in [0.25, 0.3) is 0 Å². The topological polar surface area (TPSA) is 17.1 Å². The summed E-state index contributed by atoms with van der Waals surface area (Å²) in [5.41, 5.74) is 2.63. The largest absolute Gasteiger partial charge is 0.300 e. The molecule has 0 aliphatic carbocycles. The summed E-state index contributed by atoms with van der Waals surface area (Å²) in [5.74, 6) is 0.399. The lowest BCUT2D eigenvalue weighted by Crippen LogP contribution is -2.15. The molecule has 17 heavy (non-hydrogen) atoms. The maximum absolute atomic E-state index is 11.9. The third-order valence-corrected chi connectivity index (χ3v) is 5.92. The second-order valence-electron chi connectivity index (χ2n) is 4.17. The van der Waals surface area contributed by atoms with E-state index in [1.807, 2.05) is 11.8 Å². The van der Waals surface area contributed by atoms with Crippen molar-refractivity contribution in [3.8, 4) is 0 Å². The van der Waals surface area contributed by atoms with Crippen molar-refractivity contribution in [2.24, 2.45) is 0 Å². The van der Waals surface area contributed by atoms with E-state index in [0.717, 1.165) is 0 Å². The third kappa shape index (κ3) is 2.49. The Morgan fingerprint density at radius 2 is 1.47 bits per heavy atom. The van der Waals surface area contributed by atoms with Gasteiger partial charge in [-0.05, 0) is 44.8 Å². The second-order valence-corrected chi connectivity index (χ2v) is 7.14. The monoisotopic (exact) mass is 280 g/mol. The molecule has 2 aromatic rings. The van der Waals surface area contributed by atoms with E-state index in [0.29, 0.717) is 29.1 Å². The van der Waals surface area contributed by atoms with E-state index in [1.54, 1.807) is 22.7 Å². The summed E-state index contributed by atoms with van der Waals surface area (Å²) in [5, 5.41) is 9.23. The molecule has 3 rings (SSSR count). The molecule has 0 aromatic carbocycles. The Hall–Kier alpha value is -0.580. The van der Waals surface area contributed by atoms with Gasteiger partial charge in [-0.1, -0.05) is 0 Å². The molecule has 2 atom stereocenters. The number of hydrogen-bond donors (Lipinski definition) is 0. The molecule has 88 valence electrons. The zero-order chi connectivity index (χ0) is 11.7. The van der Waals surface area contributed by atoms with Gasteiger partial charge in [-0.3, -0.25) is 4.79 Å². The Balaban J connectivity index is 1.82. The zero-order valence-electron chi connectivity index (χ0n) is 9.17. The smallest absolute Gasteiger partial charge is 0.135 e. The van der Waals surface area contributed by atoms with Gasteiger partial charge in [-0.25, -0.2) is 0 Å². The average Bonchev–Trinajstić information content (AvgIpc) is 3.02. The van der Waals surface area contributed by atoms with Crippen LogP contribution >= 0.6 is 34.4 Å². The Morgan fingerprint density at radius 3 is 1.88 bits per heavy atom. The van der Waals surface area contributed by atoms with Gasteiger partial charge in [0.2, 0.25) is 0 Å². The van der Waals surface area contributed by atoms with Crippen LogP contribution in [0.5, 0.6) is 0 Å². The Bertz CT molecular complexity index is 442. The number of hydrogen-bond acceptors (Lipinski definition) is 4. The van der Waals surface area contributed by atoms with Gasteiger partial charge in [0.05, 0.1) is 0 Å². The quantitative estimate of drug-likeness (QED) is 0.794. The molecule has 2 unspecified atom stereocenters.